The summed E-state index contributed by atoms with van der Waals surface area (Å²) in [7, 11) is 0. The summed E-state index contributed by atoms with van der Waals surface area (Å²) in [5, 5.41) is 9.91. The minimum atomic E-state index is -0.326. The second kappa shape index (κ2) is 5.75. The molecule has 1 aliphatic rings. The van der Waals surface area contributed by atoms with Crippen LogP contribution in [0.25, 0.3) is 0 Å². The molecule has 0 radical (unpaired) electrons. The number of unbranched alkanes of at least 4 members (excludes halogenated alkanes) is 1. The van der Waals surface area contributed by atoms with Crippen LogP contribution in [-0.4, -0.2) is 11.7 Å². The Kier molecular flexibility index (Phi) is 4.06. The van der Waals surface area contributed by atoms with E-state index in [0.717, 1.165) is 43.4 Å². The van der Waals surface area contributed by atoms with Gasteiger partial charge in [0.15, 0.2) is 0 Å². The molecule has 2 rings (SSSR count). The number of benzene rings is 1. The van der Waals surface area contributed by atoms with Gasteiger partial charge in [-0.1, -0.05) is 6.07 Å². The number of ether oxygens (including phenoxy) is 1. The largest absolute Gasteiger partial charge is 0.494 e. The van der Waals surface area contributed by atoms with Gasteiger partial charge in [0.1, 0.15) is 5.75 Å². The third-order valence-corrected chi connectivity index (χ3v) is 3.13. The molecule has 0 aromatic heterocycles. The lowest BCUT2D eigenvalue weighted by molar-refractivity contribution is 0.156. The van der Waals surface area contributed by atoms with Gasteiger partial charge >= 0.3 is 0 Å². The molecule has 1 N–H and O–H groups in total. The molecule has 1 atom stereocenters. The van der Waals surface area contributed by atoms with Crippen LogP contribution >= 0.6 is 0 Å². The lowest BCUT2D eigenvalue weighted by atomic mass is 9.89. The Morgan fingerprint density at radius 2 is 2.35 bits per heavy atom. The van der Waals surface area contributed by atoms with E-state index in [0.29, 0.717) is 6.61 Å². The van der Waals surface area contributed by atoms with Crippen molar-refractivity contribution in [1.29, 1.82) is 0 Å². The number of terminal acetylenes is 1. The van der Waals surface area contributed by atoms with E-state index in [1.165, 1.54) is 5.56 Å². The molecule has 0 saturated heterocycles. The first kappa shape index (κ1) is 12.0. The molecule has 0 aliphatic heterocycles. The Morgan fingerprint density at radius 1 is 1.47 bits per heavy atom. The fourth-order valence-corrected chi connectivity index (χ4v) is 2.21. The average Bonchev–Trinajstić information content (AvgIpc) is 2.36. The van der Waals surface area contributed by atoms with Crippen LogP contribution < -0.4 is 4.74 Å². The smallest absolute Gasteiger partial charge is 0.119 e. The summed E-state index contributed by atoms with van der Waals surface area (Å²) in [5.41, 5.74) is 2.28. The zero-order chi connectivity index (χ0) is 12.1. The highest BCUT2D eigenvalue weighted by atomic mass is 16.5. The van der Waals surface area contributed by atoms with E-state index in [1.807, 2.05) is 12.1 Å². The molecule has 1 aromatic rings. The lowest BCUT2D eigenvalue weighted by Gasteiger charge is -2.21. The van der Waals surface area contributed by atoms with Crippen LogP contribution in [0.1, 0.15) is 42.9 Å². The SMILES string of the molecule is C#CCCCOc1ccc2c(c1)[C@@H](O)CCC2. The topological polar surface area (TPSA) is 29.5 Å². The molecule has 0 fully saturated rings. The zero-order valence-electron chi connectivity index (χ0n) is 9.98. The van der Waals surface area contributed by atoms with Gasteiger partial charge in [0.05, 0.1) is 12.7 Å². The van der Waals surface area contributed by atoms with E-state index < -0.39 is 0 Å². The molecule has 0 bridgehead atoms. The molecule has 0 amide bonds. The zero-order valence-corrected chi connectivity index (χ0v) is 9.98. The molecule has 2 nitrogen and oxygen atoms in total. The van der Waals surface area contributed by atoms with Gasteiger partial charge in [0.2, 0.25) is 0 Å². The highest BCUT2D eigenvalue weighted by Crippen LogP contribution is 2.32. The molecule has 0 heterocycles. The predicted octanol–water partition coefficient (Wildman–Crippen LogP) is 2.85. The average molecular weight is 230 g/mol. The summed E-state index contributed by atoms with van der Waals surface area (Å²) in [6, 6.07) is 6.01. The minimum Gasteiger partial charge on any atom is -0.494 e. The molecular formula is C15H18O2. The Balaban J connectivity index is 2.00. The molecule has 1 aromatic carbocycles. The number of aryl methyl sites for hydroxylation is 1. The Bertz CT molecular complexity index is 417. The fourth-order valence-electron chi connectivity index (χ4n) is 2.21. The molecular weight excluding hydrogens is 212 g/mol. The van der Waals surface area contributed by atoms with E-state index in [-0.39, 0.29) is 6.10 Å². The summed E-state index contributed by atoms with van der Waals surface area (Å²) >= 11 is 0. The minimum absolute atomic E-state index is 0.326. The third kappa shape index (κ3) is 3.01. The maximum Gasteiger partial charge on any atom is 0.119 e. The number of fused-ring (bicyclic) bond motifs is 1. The normalized spacial score (nSPS) is 18.2. The first-order valence-electron chi connectivity index (χ1n) is 6.18. The van der Waals surface area contributed by atoms with Crippen molar-refractivity contribution in [2.45, 2.75) is 38.2 Å². The summed E-state index contributed by atoms with van der Waals surface area (Å²) in [6.07, 6.45) is 9.45. The van der Waals surface area contributed by atoms with Crippen molar-refractivity contribution in [3.8, 4) is 18.1 Å². The predicted molar refractivity (Wildman–Crippen MR) is 67.9 cm³/mol. The maximum absolute atomic E-state index is 9.91. The van der Waals surface area contributed by atoms with Gasteiger partial charge in [0.25, 0.3) is 0 Å². The van der Waals surface area contributed by atoms with Gasteiger partial charge < -0.3 is 9.84 Å². The number of aliphatic hydroxyl groups excluding tert-OH is 1. The van der Waals surface area contributed by atoms with Crippen LogP contribution in [-0.2, 0) is 6.42 Å². The summed E-state index contributed by atoms with van der Waals surface area (Å²) < 4.78 is 5.62. The first-order valence-corrected chi connectivity index (χ1v) is 6.18. The van der Waals surface area contributed by atoms with Crippen LogP contribution in [0.4, 0.5) is 0 Å². The van der Waals surface area contributed by atoms with Gasteiger partial charge in [-0.3, -0.25) is 0 Å². The van der Waals surface area contributed by atoms with Crippen LogP contribution in [0.5, 0.6) is 5.75 Å². The van der Waals surface area contributed by atoms with Crippen LogP contribution in [0.2, 0.25) is 0 Å². The summed E-state index contributed by atoms with van der Waals surface area (Å²) in [5.74, 6) is 3.43. The van der Waals surface area contributed by atoms with Gasteiger partial charge in [0, 0.05) is 6.42 Å². The Hall–Kier alpha value is -1.46. The second-order valence-corrected chi connectivity index (χ2v) is 4.42. The van der Waals surface area contributed by atoms with Crippen LogP contribution in [0.15, 0.2) is 18.2 Å². The van der Waals surface area contributed by atoms with E-state index in [9.17, 15) is 5.11 Å². The Labute approximate surface area is 103 Å². The molecule has 0 spiro atoms. The van der Waals surface area contributed by atoms with Crippen molar-refractivity contribution in [3.63, 3.8) is 0 Å². The van der Waals surface area contributed by atoms with E-state index in [4.69, 9.17) is 11.2 Å². The highest BCUT2D eigenvalue weighted by Gasteiger charge is 2.18. The Morgan fingerprint density at radius 3 is 3.18 bits per heavy atom. The van der Waals surface area contributed by atoms with E-state index in [2.05, 4.69) is 12.0 Å². The summed E-state index contributed by atoms with van der Waals surface area (Å²) in [6.45, 7) is 0.638. The highest BCUT2D eigenvalue weighted by molar-refractivity contribution is 5.38. The maximum atomic E-state index is 9.91. The number of aliphatic hydroxyl groups is 1. The third-order valence-electron chi connectivity index (χ3n) is 3.13. The van der Waals surface area contributed by atoms with Gasteiger partial charge in [-0.2, -0.15) is 0 Å². The molecule has 17 heavy (non-hydrogen) atoms. The molecule has 0 saturated carbocycles. The van der Waals surface area contributed by atoms with Crippen molar-refractivity contribution in [2.75, 3.05) is 6.61 Å². The van der Waals surface area contributed by atoms with Crippen LogP contribution in [0, 0.1) is 12.3 Å². The number of hydrogen-bond donors (Lipinski definition) is 1. The lowest BCUT2D eigenvalue weighted by Crippen LogP contribution is -2.09. The van der Waals surface area contributed by atoms with E-state index in [1.54, 1.807) is 0 Å². The number of rotatable bonds is 4. The van der Waals surface area contributed by atoms with Crippen molar-refractivity contribution in [3.05, 3.63) is 29.3 Å². The second-order valence-electron chi connectivity index (χ2n) is 4.42. The van der Waals surface area contributed by atoms with Crippen molar-refractivity contribution in [1.82, 2.24) is 0 Å². The molecule has 90 valence electrons. The van der Waals surface area contributed by atoms with Crippen LogP contribution in [0.3, 0.4) is 0 Å². The molecule has 2 heteroatoms. The van der Waals surface area contributed by atoms with E-state index >= 15 is 0 Å². The molecule has 1 aliphatic carbocycles. The van der Waals surface area contributed by atoms with Crippen molar-refractivity contribution in [2.24, 2.45) is 0 Å². The standard InChI is InChI=1S/C15H18O2/c1-2-3-4-10-17-13-9-8-12-6-5-7-15(16)14(12)11-13/h1,8-9,11,15-16H,3-7,10H2/t15-/m0/s1. The quantitative estimate of drug-likeness (QED) is 0.636. The summed E-state index contributed by atoms with van der Waals surface area (Å²) in [4.78, 5) is 0. The monoisotopic (exact) mass is 230 g/mol. The number of hydrogen-bond acceptors (Lipinski definition) is 2. The van der Waals surface area contributed by atoms with Gasteiger partial charge in [-0.25, -0.2) is 0 Å². The van der Waals surface area contributed by atoms with Crippen molar-refractivity contribution >= 4 is 0 Å². The first-order chi connectivity index (χ1) is 8.31. The molecule has 0 unspecified atom stereocenters. The van der Waals surface area contributed by atoms with Gasteiger partial charge in [-0.15, -0.1) is 12.3 Å². The van der Waals surface area contributed by atoms with Crippen molar-refractivity contribution < 1.29 is 9.84 Å². The van der Waals surface area contributed by atoms with Gasteiger partial charge in [-0.05, 0) is 48.9 Å². The fraction of sp³-hybridized carbons (Fsp3) is 0.467.